The van der Waals surface area contributed by atoms with Crippen molar-refractivity contribution in [3.05, 3.63) is 23.2 Å². The lowest BCUT2D eigenvalue weighted by molar-refractivity contribution is -0.0170. The Morgan fingerprint density at radius 3 is 2.74 bits per heavy atom. The highest BCUT2D eigenvalue weighted by molar-refractivity contribution is 7.89. The molecule has 0 saturated carbocycles. The largest absolute Gasteiger partial charge is 0.398 e. The van der Waals surface area contributed by atoms with Gasteiger partial charge in [0.1, 0.15) is 4.90 Å². The van der Waals surface area contributed by atoms with E-state index in [0.29, 0.717) is 13.2 Å². The van der Waals surface area contributed by atoms with Gasteiger partial charge in [0.15, 0.2) is 0 Å². The van der Waals surface area contributed by atoms with Crippen LogP contribution in [0.2, 0.25) is 5.02 Å². The highest BCUT2D eigenvalue weighted by atomic mass is 35.5. The molecule has 0 aliphatic carbocycles. The van der Waals surface area contributed by atoms with Crippen LogP contribution in [0.25, 0.3) is 0 Å². The van der Waals surface area contributed by atoms with Crippen LogP contribution in [0, 0.1) is 0 Å². The summed E-state index contributed by atoms with van der Waals surface area (Å²) in [4.78, 5) is -0.0161. The smallest absolute Gasteiger partial charge is 0.247 e. The number of sulfonamides is 1. The van der Waals surface area contributed by atoms with Crippen molar-refractivity contribution in [1.29, 1.82) is 0 Å². The second-order valence-corrected chi connectivity index (χ2v) is 6.96. The van der Waals surface area contributed by atoms with Gasteiger partial charge in [-0.15, -0.1) is 0 Å². The van der Waals surface area contributed by atoms with Crippen LogP contribution in [0.3, 0.4) is 0 Å². The Bertz CT molecular complexity index is 556. The lowest BCUT2D eigenvalue weighted by Crippen LogP contribution is -2.50. The van der Waals surface area contributed by atoms with Gasteiger partial charge in [0.25, 0.3) is 0 Å². The zero-order valence-corrected chi connectivity index (χ0v) is 12.4. The molecule has 0 amide bonds. The number of ether oxygens (including phenoxy) is 1. The van der Waals surface area contributed by atoms with Gasteiger partial charge in [-0.05, 0) is 26.0 Å². The van der Waals surface area contributed by atoms with E-state index in [1.54, 1.807) is 13.0 Å². The fraction of sp³-hybridized carbons (Fsp3) is 0.500. The molecule has 1 fully saturated rings. The number of nitrogens with two attached hydrogens (primary N) is 1. The SMILES string of the molecule is CC1CN(S(=O)(=O)c2c(N)cccc2Cl)C(C)CO1. The van der Waals surface area contributed by atoms with Crippen LogP contribution in [0.5, 0.6) is 0 Å². The molecule has 1 heterocycles. The van der Waals surface area contributed by atoms with Gasteiger partial charge in [-0.2, -0.15) is 4.31 Å². The van der Waals surface area contributed by atoms with Crippen LogP contribution in [0.1, 0.15) is 13.8 Å². The molecule has 0 bridgehead atoms. The number of rotatable bonds is 2. The van der Waals surface area contributed by atoms with E-state index in [4.69, 9.17) is 22.1 Å². The summed E-state index contributed by atoms with van der Waals surface area (Å²) in [6.07, 6.45) is -0.144. The monoisotopic (exact) mass is 304 g/mol. The first-order chi connectivity index (χ1) is 8.84. The van der Waals surface area contributed by atoms with Gasteiger partial charge in [0.2, 0.25) is 10.0 Å². The molecule has 1 aliphatic rings. The van der Waals surface area contributed by atoms with Crippen molar-refractivity contribution >= 4 is 27.3 Å². The Morgan fingerprint density at radius 2 is 2.11 bits per heavy atom. The maximum Gasteiger partial charge on any atom is 0.247 e. The van der Waals surface area contributed by atoms with E-state index in [-0.39, 0.29) is 27.8 Å². The van der Waals surface area contributed by atoms with Crippen LogP contribution < -0.4 is 5.73 Å². The fourth-order valence-corrected chi connectivity index (χ4v) is 4.45. The van der Waals surface area contributed by atoms with Crippen LogP contribution in [0.4, 0.5) is 5.69 Å². The highest BCUT2D eigenvalue weighted by Gasteiger charge is 2.36. The van der Waals surface area contributed by atoms with Gasteiger partial charge in [-0.3, -0.25) is 0 Å². The van der Waals surface area contributed by atoms with Crippen LogP contribution >= 0.6 is 11.6 Å². The molecule has 0 spiro atoms. The lowest BCUT2D eigenvalue weighted by atomic mass is 10.2. The van der Waals surface area contributed by atoms with Crippen molar-refractivity contribution in [1.82, 2.24) is 4.31 Å². The van der Waals surface area contributed by atoms with Gasteiger partial charge in [-0.25, -0.2) is 8.42 Å². The molecule has 1 aromatic carbocycles. The van der Waals surface area contributed by atoms with E-state index in [0.717, 1.165) is 0 Å². The summed E-state index contributed by atoms with van der Waals surface area (Å²) >= 11 is 6.00. The van der Waals surface area contributed by atoms with E-state index in [1.165, 1.54) is 16.4 Å². The maximum absolute atomic E-state index is 12.7. The molecule has 106 valence electrons. The molecule has 1 aliphatic heterocycles. The third-order valence-corrected chi connectivity index (χ3v) is 5.64. The Balaban J connectivity index is 2.47. The molecular formula is C12H17ClN2O3S. The molecule has 1 aromatic rings. The van der Waals surface area contributed by atoms with Crippen LogP contribution in [-0.2, 0) is 14.8 Å². The van der Waals surface area contributed by atoms with E-state index in [9.17, 15) is 8.42 Å². The number of nitrogen functional groups attached to an aromatic ring is 1. The van der Waals surface area contributed by atoms with Gasteiger partial charge < -0.3 is 10.5 Å². The van der Waals surface area contributed by atoms with Crippen molar-refractivity contribution < 1.29 is 13.2 Å². The first-order valence-corrected chi connectivity index (χ1v) is 7.83. The Kier molecular flexibility index (Phi) is 4.06. The number of anilines is 1. The number of nitrogens with zero attached hydrogens (tertiary/aromatic N) is 1. The molecule has 2 rings (SSSR count). The van der Waals surface area contributed by atoms with Crippen LogP contribution in [0.15, 0.2) is 23.1 Å². The topological polar surface area (TPSA) is 72.6 Å². The zero-order chi connectivity index (χ0) is 14.2. The number of benzene rings is 1. The predicted octanol–water partition coefficient (Wildman–Crippen LogP) is 1.72. The first-order valence-electron chi connectivity index (χ1n) is 6.01. The van der Waals surface area contributed by atoms with E-state index in [2.05, 4.69) is 0 Å². The van der Waals surface area contributed by atoms with E-state index < -0.39 is 10.0 Å². The lowest BCUT2D eigenvalue weighted by Gasteiger charge is -2.36. The second kappa shape index (κ2) is 5.28. The number of hydrogen-bond acceptors (Lipinski definition) is 4. The summed E-state index contributed by atoms with van der Waals surface area (Å²) in [5, 5.41) is 0.145. The van der Waals surface area contributed by atoms with E-state index >= 15 is 0 Å². The summed E-state index contributed by atoms with van der Waals surface area (Å²) in [7, 11) is -3.71. The molecule has 7 heteroatoms. The summed E-state index contributed by atoms with van der Waals surface area (Å²) in [5.41, 5.74) is 5.94. The summed E-state index contributed by atoms with van der Waals surface area (Å²) in [6.45, 7) is 4.31. The summed E-state index contributed by atoms with van der Waals surface area (Å²) in [6, 6.07) is 4.45. The minimum Gasteiger partial charge on any atom is -0.398 e. The van der Waals surface area contributed by atoms with Crippen molar-refractivity contribution in [2.45, 2.75) is 30.9 Å². The quantitative estimate of drug-likeness (QED) is 0.844. The number of morpholine rings is 1. The summed E-state index contributed by atoms with van der Waals surface area (Å²) in [5.74, 6) is 0. The standard InChI is InChI=1S/C12H17ClN2O3S/c1-8-7-18-9(2)6-15(8)19(16,17)12-10(13)4-3-5-11(12)14/h3-5,8-9H,6-7,14H2,1-2H3. The third-order valence-electron chi connectivity index (χ3n) is 3.11. The first kappa shape index (κ1) is 14.6. The third kappa shape index (κ3) is 2.72. The predicted molar refractivity (Wildman–Crippen MR) is 74.6 cm³/mol. The molecule has 2 N–H and O–H groups in total. The number of halogens is 1. The number of hydrogen-bond donors (Lipinski definition) is 1. The highest BCUT2D eigenvalue weighted by Crippen LogP contribution is 2.32. The van der Waals surface area contributed by atoms with Crippen molar-refractivity contribution in [2.75, 3.05) is 18.9 Å². The Labute approximate surface area is 118 Å². The molecule has 0 radical (unpaired) electrons. The fourth-order valence-electron chi connectivity index (χ4n) is 2.12. The molecule has 1 saturated heterocycles. The normalized spacial score (nSPS) is 25.4. The molecule has 19 heavy (non-hydrogen) atoms. The molecule has 2 atom stereocenters. The molecular weight excluding hydrogens is 288 g/mol. The summed E-state index contributed by atoms with van der Waals surface area (Å²) < 4.78 is 32.2. The maximum atomic E-state index is 12.7. The van der Waals surface area contributed by atoms with Crippen molar-refractivity contribution in [3.8, 4) is 0 Å². The molecule has 2 unspecified atom stereocenters. The van der Waals surface area contributed by atoms with Gasteiger partial charge >= 0.3 is 0 Å². The minimum absolute atomic E-state index is 0.0161. The van der Waals surface area contributed by atoms with Gasteiger partial charge in [0.05, 0.1) is 23.4 Å². The average Bonchev–Trinajstić information content (AvgIpc) is 2.31. The Morgan fingerprint density at radius 1 is 1.42 bits per heavy atom. The minimum atomic E-state index is -3.71. The molecule has 5 nitrogen and oxygen atoms in total. The van der Waals surface area contributed by atoms with Gasteiger partial charge in [0, 0.05) is 12.6 Å². The van der Waals surface area contributed by atoms with E-state index in [1.807, 2.05) is 6.92 Å². The van der Waals surface area contributed by atoms with Gasteiger partial charge in [-0.1, -0.05) is 17.7 Å². The average molecular weight is 305 g/mol. The second-order valence-electron chi connectivity index (χ2n) is 4.73. The molecule has 0 aromatic heterocycles. The van der Waals surface area contributed by atoms with Crippen LogP contribution in [-0.4, -0.2) is 38.0 Å². The Hall–Kier alpha value is -0.820. The van der Waals surface area contributed by atoms with Crippen molar-refractivity contribution in [3.63, 3.8) is 0 Å². The zero-order valence-electron chi connectivity index (χ0n) is 10.8. The van der Waals surface area contributed by atoms with Crippen molar-refractivity contribution in [2.24, 2.45) is 0 Å².